The number of ether oxygens (including phenoxy) is 2. The summed E-state index contributed by atoms with van der Waals surface area (Å²) in [6.07, 6.45) is 9.43. The van der Waals surface area contributed by atoms with E-state index in [2.05, 4.69) is 121 Å². The number of alkyl halides is 1. The van der Waals surface area contributed by atoms with Gasteiger partial charge in [-0.05, 0) is 45.4 Å². The van der Waals surface area contributed by atoms with Crippen LogP contribution in [0.5, 0.6) is 0 Å². The van der Waals surface area contributed by atoms with Crippen LogP contribution in [0.4, 0.5) is 0 Å². The molecular formula is C50H61ClLiN11O2S2. The van der Waals surface area contributed by atoms with E-state index < -0.39 is 0 Å². The molecule has 0 unspecified atom stereocenters. The van der Waals surface area contributed by atoms with E-state index in [1.54, 1.807) is 23.5 Å². The molecule has 0 atom stereocenters. The number of aromatic nitrogens is 8. The number of rotatable bonds is 12. The van der Waals surface area contributed by atoms with Gasteiger partial charge in [-0.25, -0.2) is 29.9 Å². The number of thioether (sulfide) groups is 2. The van der Waals surface area contributed by atoms with E-state index in [9.17, 15) is 0 Å². The van der Waals surface area contributed by atoms with Crippen LogP contribution in [0.15, 0.2) is 108 Å². The Morgan fingerprint density at radius 2 is 1.13 bits per heavy atom. The summed E-state index contributed by atoms with van der Waals surface area (Å²) in [6.45, 7) is 18.6. The Bertz CT molecular complexity index is 2690. The first kappa shape index (κ1) is 52.1. The predicted octanol–water partition coefficient (Wildman–Crippen LogP) is 6.27. The Balaban J connectivity index is 0.000000186. The van der Waals surface area contributed by atoms with Gasteiger partial charge >= 0.3 is 18.9 Å². The Hall–Kier alpha value is -4.27. The van der Waals surface area contributed by atoms with Crippen LogP contribution in [-0.4, -0.2) is 125 Å². The third-order valence-corrected chi connectivity index (χ3v) is 13.4. The molecule has 2 aromatic carbocycles. The van der Waals surface area contributed by atoms with Gasteiger partial charge in [-0.2, -0.15) is 0 Å². The van der Waals surface area contributed by atoms with E-state index in [-0.39, 0.29) is 26.3 Å². The summed E-state index contributed by atoms with van der Waals surface area (Å²) in [5, 5.41) is 2.17. The van der Waals surface area contributed by atoms with Crippen LogP contribution in [0.2, 0.25) is 0 Å². The Kier molecular flexibility index (Phi) is 20.2. The molecule has 10 rings (SSSR count). The van der Waals surface area contributed by atoms with E-state index in [0.29, 0.717) is 0 Å². The number of halogens is 1. The zero-order chi connectivity index (χ0) is 45.0. The van der Waals surface area contributed by atoms with Gasteiger partial charge < -0.3 is 21.5 Å². The first-order valence-corrected chi connectivity index (χ1v) is 24.8. The van der Waals surface area contributed by atoms with Gasteiger partial charge in [-0.15, -0.1) is 23.4 Å². The molecule has 2 saturated heterocycles. The van der Waals surface area contributed by atoms with Crippen molar-refractivity contribution in [2.24, 2.45) is 4.99 Å². The number of aliphatic imine (C=N–C) groups is 1. The maximum Gasteiger partial charge on any atom is 1.00 e. The number of morpholine rings is 2. The van der Waals surface area contributed by atoms with Crippen molar-refractivity contribution in [3.63, 3.8) is 0 Å². The number of imidazole rings is 3. The standard InChI is InChI=1S/C24H28N6OS.C19H18N4S.C6H12ClNO.CH3.Li/c1-18-14-19(2)30-15-21(26-23(30)25-18)17-32-24-27-22(20-6-4-3-5-7-20)16-29(24)9-8-28-10-12-31-13-11-28;1-13-10-14(2)23-11-16(21-19(23)20-13)12-24-18-9-8-17(22-18)15-6-4-3-5-7-15;7-1-2-8-3-5-9-6-4-8;;/h3-7,14-16H,8-13,17H2,1-2H3;3-8,10-11H,9,12H2,1-2H3;1-6H2;1H3;/q;;;-1;+1. The minimum absolute atomic E-state index is 0. The molecule has 348 valence electrons. The molecule has 67 heavy (non-hydrogen) atoms. The fourth-order valence-corrected chi connectivity index (χ4v) is 9.75. The zero-order valence-electron chi connectivity index (χ0n) is 39.8. The van der Waals surface area contributed by atoms with E-state index in [0.717, 1.165) is 169 Å². The molecule has 0 radical (unpaired) electrons. The second-order valence-corrected chi connectivity index (χ2v) is 18.6. The van der Waals surface area contributed by atoms with Crippen LogP contribution in [-0.2, 0) is 27.5 Å². The summed E-state index contributed by atoms with van der Waals surface area (Å²) < 4.78 is 17.0. The quantitative estimate of drug-likeness (QED) is 0.0598. The van der Waals surface area contributed by atoms with Crippen molar-refractivity contribution >= 4 is 57.4 Å². The van der Waals surface area contributed by atoms with Crippen molar-refractivity contribution < 1.29 is 28.3 Å². The van der Waals surface area contributed by atoms with Crippen LogP contribution in [0.3, 0.4) is 0 Å². The van der Waals surface area contributed by atoms with Gasteiger partial charge in [0.2, 0.25) is 11.6 Å². The number of allylic oxidation sites excluding steroid dienone is 1. The molecule has 0 aliphatic carbocycles. The smallest absolute Gasteiger partial charge is 0.379 e. The monoisotopic (exact) mass is 953 g/mol. The summed E-state index contributed by atoms with van der Waals surface area (Å²) in [5.74, 6) is 3.85. The summed E-state index contributed by atoms with van der Waals surface area (Å²) in [7, 11) is 0. The second-order valence-electron chi connectivity index (χ2n) is 16.2. The minimum Gasteiger partial charge on any atom is -0.379 e. The van der Waals surface area contributed by atoms with Crippen molar-refractivity contribution in [2.75, 3.05) is 71.6 Å². The third-order valence-electron chi connectivity index (χ3n) is 11.2. The normalized spacial score (nSPS) is 15.2. The van der Waals surface area contributed by atoms with Gasteiger partial charge in [0, 0.05) is 117 Å². The molecule has 3 aliphatic heterocycles. The van der Waals surface area contributed by atoms with Crippen LogP contribution < -0.4 is 18.9 Å². The van der Waals surface area contributed by atoms with Crippen LogP contribution in [0.1, 0.15) is 46.1 Å². The first-order chi connectivity index (χ1) is 31.8. The van der Waals surface area contributed by atoms with Crippen molar-refractivity contribution in [3.05, 3.63) is 145 Å². The predicted molar refractivity (Wildman–Crippen MR) is 272 cm³/mol. The number of nitrogens with zero attached hydrogens (tertiary/aromatic N) is 11. The minimum atomic E-state index is 0. The van der Waals surface area contributed by atoms with Crippen LogP contribution in [0.25, 0.3) is 28.5 Å². The van der Waals surface area contributed by atoms with Gasteiger partial charge in [-0.1, -0.05) is 78.5 Å². The van der Waals surface area contributed by atoms with E-state index in [1.807, 2.05) is 42.5 Å². The molecule has 0 saturated carbocycles. The molecular weight excluding hydrogens is 893 g/mol. The zero-order valence-corrected chi connectivity index (χ0v) is 42.2. The van der Waals surface area contributed by atoms with Gasteiger partial charge in [0.05, 0.1) is 54.3 Å². The average Bonchev–Trinajstić information content (AvgIpc) is 4.15. The molecule has 17 heteroatoms. The SMILES string of the molecule is Cc1cc(C)n2cc(CSC3=NC(c4ccccc4)=CC3)nc2n1.Cc1cc(C)n2cc(CSc3nc(-c4ccccc4)cn3CCN3CCOCC3)nc2n1.ClCCN1CCOCC1.[CH3-].[Li+]. The number of hydrogen-bond donors (Lipinski definition) is 0. The van der Waals surface area contributed by atoms with Gasteiger partial charge in [0.15, 0.2) is 5.16 Å². The van der Waals surface area contributed by atoms with Gasteiger partial charge in [-0.3, -0.25) is 18.6 Å². The van der Waals surface area contributed by atoms with Crippen molar-refractivity contribution in [1.29, 1.82) is 0 Å². The molecule has 0 amide bonds. The van der Waals surface area contributed by atoms with Crippen molar-refractivity contribution in [2.45, 2.75) is 57.3 Å². The molecule has 5 aromatic heterocycles. The molecule has 0 bridgehead atoms. The maximum absolute atomic E-state index is 5.55. The van der Waals surface area contributed by atoms with Crippen molar-refractivity contribution in [1.82, 2.24) is 48.1 Å². The largest absolute Gasteiger partial charge is 1.00 e. The van der Waals surface area contributed by atoms with Gasteiger partial charge in [0.25, 0.3) is 0 Å². The summed E-state index contributed by atoms with van der Waals surface area (Å²) in [5.41, 5.74) is 10.8. The van der Waals surface area contributed by atoms with Crippen LogP contribution in [0, 0.1) is 35.1 Å². The molecule has 0 spiro atoms. The van der Waals surface area contributed by atoms with E-state index in [1.165, 1.54) is 5.56 Å². The number of hydrogen-bond acceptors (Lipinski definition) is 12. The fraction of sp³-hybridized carbons (Fsp3) is 0.380. The first-order valence-electron chi connectivity index (χ1n) is 22.3. The topological polar surface area (TPSA) is 116 Å². The van der Waals surface area contributed by atoms with Crippen molar-refractivity contribution in [3.8, 4) is 11.3 Å². The number of benzene rings is 2. The molecule has 8 heterocycles. The van der Waals surface area contributed by atoms with Crippen LogP contribution >= 0.6 is 35.1 Å². The maximum atomic E-state index is 5.55. The summed E-state index contributed by atoms with van der Waals surface area (Å²) in [6, 6.07) is 24.9. The second kappa shape index (κ2) is 25.9. The Labute approximate surface area is 421 Å². The molecule has 2 fully saturated rings. The molecule has 3 aliphatic rings. The summed E-state index contributed by atoms with van der Waals surface area (Å²) in [4.78, 5) is 32.9. The molecule has 0 N–H and O–H groups in total. The summed E-state index contributed by atoms with van der Waals surface area (Å²) >= 11 is 9.04. The van der Waals surface area contributed by atoms with E-state index >= 15 is 0 Å². The third kappa shape index (κ3) is 14.6. The fourth-order valence-electron chi connectivity index (χ4n) is 7.80. The Morgan fingerprint density at radius 3 is 1.69 bits per heavy atom. The molecule has 13 nitrogen and oxygen atoms in total. The molecule has 7 aromatic rings. The van der Waals surface area contributed by atoms with E-state index in [4.69, 9.17) is 36.0 Å². The average molecular weight is 955 g/mol. The number of aryl methyl sites for hydroxylation is 4. The Morgan fingerprint density at radius 1 is 0.612 bits per heavy atom. The number of fused-ring (bicyclic) bond motifs is 2. The van der Waals surface area contributed by atoms with Gasteiger partial charge in [0.1, 0.15) is 0 Å².